The van der Waals surface area contributed by atoms with Crippen molar-refractivity contribution in [2.75, 3.05) is 33.7 Å². The Morgan fingerprint density at radius 3 is 2.57 bits per heavy atom. The summed E-state index contributed by atoms with van der Waals surface area (Å²) in [4.78, 5) is 5.03. The second kappa shape index (κ2) is 7.92. The van der Waals surface area contributed by atoms with E-state index in [1.807, 2.05) is 0 Å². The van der Waals surface area contributed by atoms with Crippen LogP contribution >= 0.6 is 0 Å². The van der Waals surface area contributed by atoms with Crippen molar-refractivity contribution in [3.05, 3.63) is 35.9 Å². The number of nitrogens with one attached hydrogen (secondary N) is 1. The topological polar surface area (TPSA) is 18.5 Å². The molecule has 0 bridgehead atoms. The Morgan fingerprint density at radius 2 is 1.95 bits per heavy atom. The van der Waals surface area contributed by atoms with Gasteiger partial charge in [0.05, 0.1) is 0 Å². The van der Waals surface area contributed by atoms with Crippen LogP contribution < -0.4 is 5.32 Å². The SMILES string of the molecule is CC(C)NCC(c1ccccc1)N1CCCC1CN(C)C. The number of likely N-dealkylation sites (N-methyl/N-ethyl adjacent to an activating group) is 1. The van der Waals surface area contributed by atoms with Crippen LogP contribution in [-0.2, 0) is 0 Å². The molecule has 0 aliphatic carbocycles. The van der Waals surface area contributed by atoms with Gasteiger partial charge in [-0.2, -0.15) is 0 Å². The molecule has 1 N–H and O–H groups in total. The Kier molecular flexibility index (Phi) is 6.22. The van der Waals surface area contributed by atoms with Crippen LogP contribution in [0.25, 0.3) is 0 Å². The Morgan fingerprint density at radius 1 is 1.24 bits per heavy atom. The first-order valence-electron chi connectivity index (χ1n) is 8.26. The van der Waals surface area contributed by atoms with E-state index in [-0.39, 0.29) is 0 Å². The van der Waals surface area contributed by atoms with Crippen LogP contribution in [0.3, 0.4) is 0 Å². The molecule has 0 amide bonds. The Hall–Kier alpha value is -0.900. The molecular weight excluding hydrogens is 258 g/mol. The Bertz CT molecular complexity index is 402. The van der Waals surface area contributed by atoms with E-state index in [1.165, 1.54) is 24.9 Å². The van der Waals surface area contributed by atoms with Crippen LogP contribution in [0.15, 0.2) is 30.3 Å². The maximum atomic E-state index is 3.64. The number of nitrogens with zero attached hydrogens (tertiary/aromatic N) is 2. The van der Waals surface area contributed by atoms with Crippen LogP contribution in [0, 0.1) is 0 Å². The molecule has 1 saturated heterocycles. The molecule has 2 unspecified atom stereocenters. The van der Waals surface area contributed by atoms with E-state index < -0.39 is 0 Å². The third kappa shape index (κ3) is 4.80. The second-order valence-electron chi connectivity index (χ2n) is 6.79. The van der Waals surface area contributed by atoms with E-state index in [2.05, 4.69) is 73.4 Å². The summed E-state index contributed by atoms with van der Waals surface area (Å²) in [6, 6.07) is 12.7. The average Bonchev–Trinajstić information content (AvgIpc) is 2.87. The zero-order chi connectivity index (χ0) is 15.2. The lowest BCUT2D eigenvalue weighted by molar-refractivity contribution is 0.148. The van der Waals surface area contributed by atoms with Gasteiger partial charge in [-0.05, 0) is 39.0 Å². The van der Waals surface area contributed by atoms with Gasteiger partial charge in [-0.3, -0.25) is 4.90 Å². The highest BCUT2D eigenvalue weighted by atomic mass is 15.3. The number of benzene rings is 1. The molecule has 1 aliphatic rings. The molecule has 2 rings (SSSR count). The molecule has 0 aromatic heterocycles. The van der Waals surface area contributed by atoms with E-state index in [4.69, 9.17) is 0 Å². The van der Waals surface area contributed by atoms with E-state index in [1.54, 1.807) is 0 Å². The van der Waals surface area contributed by atoms with Crippen molar-refractivity contribution < 1.29 is 0 Å². The van der Waals surface area contributed by atoms with Gasteiger partial charge < -0.3 is 10.2 Å². The van der Waals surface area contributed by atoms with Crippen molar-refractivity contribution in [2.24, 2.45) is 0 Å². The molecule has 3 nitrogen and oxygen atoms in total. The summed E-state index contributed by atoms with van der Waals surface area (Å²) in [6.07, 6.45) is 2.65. The third-order valence-electron chi connectivity index (χ3n) is 4.30. The Balaban J connectivity index is 2.14. The average molecular weight is 289 g/mol. The minimum Gasteiger partial charge on any atom is -0.313 e. The summed E-state index contributed by atoms with van der Waals surface area (Å²) >= 11 is 0. The smallest absolute Gasteiger partial charge is 0.0476 e. The maximum absolute atomic E-state index is 3.64. The fraction of sp³-hybridized carbons (Fsp3) is 0.667. The molecule has 1 aliphatic heterocycles. The van der Waals surface area contributed by atoms with Crippen LogP contribution in [0.5, 0.6) is 0 Å². The van der Waals surface area contributed by atoms with Gasteiger partial charge in [-0.25, -0.2) is 0 Å². The number of hydrogen-bond donors (Lipinski definition) is 1. The summed E-state index contributed by atoms with van der Waals surface area (Å²) < 4.78 is 0. The van der Waals surface area contributed by atoms with Crippen molar-refractivity contribution in [3.8, 4) is 0 Å². The van der Waals surface area contributed by atoms with Crippen molar-refractivity contribution >= 4 is 0 Å². The second-order valence-corrected chi connectivity index (χ2v) is 6.79. The van der Waals surface area contributed by atoms with Crippen LogP contribution in [0.1, 0.15) is 38.3 Å². The van der Waals surface area contributed by atoms with E-state index >= 15 is 0 Å². The van der Waals surface area contributed by atoms with Gasteiger partial charge in [-0.15, -0.1) is 0 Å². The molecular formula is C18H31N3. The lowest BCUT2D eigenvalue weighted by atomic mass is 10.0. The summed E-state index contributed by atoms with van der Waals surface area (Å²) in [5.41, 5.74) is 1.44. The predicted octanol–water partition coefficient (Wildman–Crippen LogP) is 2.75. The van der Waals surface area contributed by atoms with Gasteiger partial charge in [-0.1, -0.05) is 44.2 Å². The van der Waals surface area contributed by atoms with E-state index in [0.29, 0.717) is 18.1 Å². The van der Waals surface area contributed by atoms with Crippen molar-refractivity contribution in [2.45, 2.75) is 44.8 Å². The molecule has 21 heavy (non-hydrogen) atoms. The van der Waals surface area contributed by atoms with Crippen molar-refractivity contribution in [3.63, 3.8) is 0 Å². The van der Waals surface area contributed by atoms with Gasteiger partial charge in [0.1, 0.15) is 0 Å². The van der Waals surface area contributed by atoms with Gasteiger partial charge >= 0.3 is 0 Å². The van der Waals surface area contributed by atoms with E-state index in [0.717, 1.165) is 13.1 Å². The first-order valence-corrected chi connectivity index (χ1v) is 8.26. The fourth-order valence-electron chi connectivity index (χ4n) is 3.33. The molecule has 0 saturated carbocycles. The quantitative estimate of drug-likeness (QED) is 0.832. The number of likely N-dealkylation sites (tertiary alicyclic amines) is 1. The molecule has 118 valence electrons. The zero-order valence-corrected chi connectivity index (χ0v) is 14.0. The van der Waals surface area contributed by atoms with Gasteiger partial charge in [0.15, 0.2) is 0 Å². The lowest BCUT2D eigenvalue weighted by Gasteiger charge is -2.35. The van der Waals surface area contributed by atoms with Crippen LogP contribution in [0.4, 0.5) is 0 Å². The zero-order valence-electron chi connectivity index (χ0n) is 14.0. The molecule has 1 aromatic carbocycles. The molecule has 0 spiro atoms. The standard InChI is InChI=1S/C18H31N3/c1-15(2)19-13-18(16-9-6-5-7-10-16)21-12-8-11-17(21)14-20(3)4/h5-7,9-10,15,17-19H,8,11-14H2,1-4H3. The van der Waals surface area contributed by atoms with Crippen molar-refractivity contribution in [1.82, 2.24) is 15.1 Å². The fourth-order valence-corrected chi connectivity index (χ4v) is 3.33. The summed E-state index contributed by atoms with van der Waals surface area (Å²) in [6.45, 7) is 7.86. The summed E-state index contributed by atoms with van der Waals surface area (Å²) in [5.74, 6) is 0. The normalized spacial score (nSPS) is 21.3. The monoisotopic (exact) mass is 289 g/mol. The van der Waals surface area contributed by atoms with Gasteiger partial charge in [0.2, 0.25) is 0 Å². The Labute approximate surface area is 130 Å². The largest absolute Gasteiger partial charge is 0.313 e. The highest BCUT2D eigenvalue weighted by Gasteiger charge is 2.31. The molecule has 3 heteroatoms. The summed E-state index contributed by atoms with van der Waals surface area (Å²) in [7, 11) is 4.36. The predicted molar refractivity (Wildman–Crippen MR) is 90.6 cm³/mol. The summed E-state index contributed by atoms with van der Waals surface area (Å²) in [5, 5.41) is 3.64. The minimum atomic E-state index is 0.487. The van der Waals surface area contributed by atoms with Crippen molar-refractivity contribution in [1.29, 1.82) is 0 Å². The highest BCUT2D eigenvalue weighted by molar-refractivity contribution is 5.20. The third-order valence-corrected chi connectivity index (χ3v) is 4.30. The molecule has 1 aromatic rings. The molecule has 1 heterocycles. The number of hydrogen-bond acceptors (Lipinski definition) is 3. The van der Waals surface area contributed by atoms with Gasteiger partial charge in [0, 0.05) is 31.2 Å². The molecule has 2 atom stereocenters. The van der Waals surface area contributed by atoms with Crippen LogP contribution in [0.2, 0.25) is 0 Å². The van der Waals surface area contributed by atoms with Crippen LogP contribution in [-0.4, -0.2) is 55.6 Å². The lowest BCUT2D eigenvalue weighted by Crippen LogP contribution is -2.44. The molecule has 1 fully saturated rings. The highest BCUT2D eigenvalue weighted by Crippen LogP contribution is 2.29. The maximum Gasteiger partial charge on any atom is 0.0476 e. The molecule has 0 radical (unpaired) electrons. The first-order chi connectivity index (χ1) is 10.1. The first kappa shape index (κ1) is 16.5. The number of rotatable bonds is 7. The van der Waals surface area contributed by atoms with E-state index in [9.17, 15) is 0 Å². The van der Waals surface area contributed by atoms with Gasteiger partial charge in [0.25, 0.3) is 0 Å². The minimum absolute atomic E-state index is 0.487.